The van der Waals surface area contributed by atoms with Gasteiger partial charge in [-0.15, -0.1) is 0 Å². The lowest BCUT2D eigenvalue weighted by Crippen LogP contribution is -2.52. The molecule has 0 aliphatic carbocycles. The van der Waals surface area contributed by atoms with Crippen molar-refractivity contribution in [2.24, 2.45) is 0 Å². The molecule has 0 aromatic carbocycles. The van der Waals surface area contributed by atoms with E-state index in [0.717, 1.165) is 26.2 Å². The van der Waals surface area contributed by atoms with Crippen LogP contribution < -0.4 is 0 Å². The summed E-state index contributed by atoms with van der Waals surface area (Å²) in [6, 6.07) is 3.44. The molecule has 2 fully saturated rings. The van der Waals surface area contributed by atoms with Crippen molar-refractivity contribution in [2.45, 2.75) is 12.0 Å². The summed E-state index contributed by atoms with van der Waals surface area (Å²) in [5, 5.41) is 10.8. The Balaban J connectivity index is 1.58. The van der Waals surface area contributed by atoms with Crippen LogP contribution in [0.15, 0.2) is 24.5 Å². The summed E-state index contributed by atoms with van der Waals surface area (Å²) in [5.41, 5.74) is -0.141. The number of likely N-dealkylation sites (tertiary alicyclic amines) is 1. The highest BCUT2D eigenvalue weighted by molar-refractivity contribution is 5.94. The van der Waals surface area contributed by atoms with Crippen LogP contribution in [0.5, 0.6) is 0 Å². The number of nitrogens with zero attached hydrogens (tertiary/aromatic N) is 4. The molecule has 1 aromatic rings. The van der Waals surface area contributed by atoms with Gasteiger partial charge in [-0.05, 0) is 25.6 Å². The molecule has 1 N–H and O–H groups in total. The van der Waals surface area contributed by atoms with Gasteiger partial charge in [0.15, 0.2) is 0 Å². The number of piperazine rings is 1. The monoisotopic (exact) mass is 304 g/mol. The minimum Gasteiger partial charge on any atom is -0.387 e. The van der Waals surface area contributed by atoms with Gasteiger partial charge >= 0.3 is 0 Å². The molecule has 1 amide bonds. The average molecular weight is 304 g/mol. The van der Waals surface area contributed by atoms with Crippen molar-refractivity contribution in [3.63, 3.8) is 0 Å². The third kappa shape index (κ3) is 3.45. The molecule has 120 valence electrons. The fourth-order valence-electron chi connectivity index (χ4n) is 3.26. The summed E-state index contributed by atoms with van der Waals surface area (Å²) >= 11 is 0. The maximum atomic E-state index is 12.4. The maximum Gasteiger partial charge on any atom is 0.254 e. The van der Waals surface area contributed by atoms with E-state index in [0.29, 0.717) is 31.6 Å². The Bertz CT molecular complexity index is 516. The molecular formula is C16H24N4O2. The van der Waals surface area contributed by atoms with Gasteiger partial charge in [0, 0.05) is 57.2 Å². The van der Waals surface area contributed by atoms with E-state index < -0.39 is 5.60 Å². The van der Waals surface area contributed by atoms with Gasteiger partial charge in [0.2, 0.25) is 0 Å². The first-order chi connectivity index (χ1) is 10.6. The Morgan fingerprint density at radius 2 is 1.91 bits per heavy atom. The normalized spacial score (nSPS) is 27.3. The number of carbonyl (C=O) groups is 1. The molecule has 6 heteroatoms. The molecule has 0 unspecified atom stereocenters. The van der Waals surface area contributed by atoms with E-state index >= 15 is 0 Å². The van der Waals surface area contributed by atoms with E-state index in [1.165, 1.54) is 0 Å². The van der Waals surface area contributed by atoms with Crippen molar-refractivity contribution in [1.29, 1.82) is 0 Å². The molecule has 2 aliphatic heterocycles. The lowest BCUT2D eigenvalue weighted by atomic mass is 10.0. The van der Waals surface area contributed by atoms with Crippen LogP contribution in [-0.4, -0.2) is 89.2 Å². The van der Waals surface area contributed by atoms with Gasteiger partial charge < -0.3 is 14.9 Å². The number of likely N-dealkylation sites (N-methyl/N-ethyl adjacent to an activating group) is 1. The van der Waals surface area contributed by atoms with Crippen LogP contribution in [0.25, 0.3) is 0 Å². The number of carbonyl (C=O) groups excluding carboxylic acids is 1. The van der Waals surface area contributed by atoms with Gasteiger partial charge in [0.05, 0.1) is 12.1 Å². The minimum absolute atomic E-state index is 0.0169. The molecule has 3 rings (SSSR count). The second kappa shape index (κ2) is 6.32. The topological polar surface area (TPSA) is 59.9 Å². The van der Waals surface area contributed by atoms with Crippen molar-refractivity contribution in [1.82, 2.24) is 19.7 Å². The number of aliphatic hydroxyl groups is 1. The summed E-state index contributed by atoms with van der Waals surface area (Å²) in [5.74, 6) is -0.0169. The number of amides is 1. The Kier molecular flexibility index (Phi) is 4.42. The number of hydrogen-bond donors (Lipinski definition) is 1. The third-order valence-electron chi connectivity index (χ3n) is 4.66. The SMILES string of the molecule is CN1CCN(C[C@]2(O)CCN(C(=O)c3ccncc3)C2)CC1. The smallest absolute Gasteiger partial charge is 0.254 e. The van der Waals surface area contributed by atoms with E-state index in [2.05, 4.69) is 21.8 Å². The van der Waals surface area contributed by atoms with E-state index in [9.17, 15) is 9.90 Å². The second-order valence-electron chi connectivity index (χ2n) is 6.52. The van der Waals surface area contributed by atoms with Crippen LogP contribution in [0.2, 0.25) is 0 Å². The Labute approximate surface area is 131 Å². The van der Waals surface area contributed by atoms with Crippen LogP contribution >= 0.6 is 0 Å². The molecule has 1 atom stereocenters. The Morgan fingerprint density at radius 3 is 2.59 bits per heavy atom. The number of hydrogen-bond acceptors (Lipinski definition) is 5. The molecule has 0 spiro atoms. The van der Waals surface area contributed by atoms with Gasteiger partial charge in [-0.3, -0.25) is 14.7 Å². The molecule has 6 nitrogen and oxygen atoms in total. The lowest BCUT2D eigenvalue weighted by molar-refractivity contribution is 0.000525. The summed E-state index contributed by atoms with van der Waals surface area (Å²) in [7, 11) is 2.12. The summed E-state index contributed by atoms with van der Waals surface area (Å²) in [4.78, 5) is 22.7. The fourth-order valence-corrected chi connectivity index (χ4v) is 3.26. The highest BCUT2D eigenvalue weighted by atomic mass is 16.3. The fraction of sp³-hybridized carbons (Fsp3) is 0.625. The molecule has 3 heterocycles. The van der Waals surface area contributed by atoms with Gasteiger partial charge in [-0.25, -0.2) is 0 Å². The van der Waals surface area contributed by atoms with Gasteiger partial charge in [-0.2, -0.15) is 0 Å². The molecule has 0 saturated carbocycles. The van der Waals surface area contributed by atoms with E-state index in [1.54, 1.807) is 29.4 Å². The summed E-state index contributed by atoms with van der Waals surface area (Å²) < 4.78 is 0. The zero-order valence-electron chi connectivity index (χ0n) is 13.1. The highest BCUT2D eigenvalue weighted by Crippen LogP contribution is 2.24. The lowest BCUT2D eigenvalue weighted by Gasteiger charge is -2.36. The van der Waals surface area contributed by atoms with Crippen molar-refractivity contribution in [3.8, 4) is 0 Å². The number of β-amino-alcohol motifs (C(OH)–C–C–N with tert-alkyl or cyclic N) is 1. The zero-order chi connectivity index (χ0) is 15.6. The first-order valence-electron chi connectivity index (χ1n) is 7.88. The van der Waals surface area contributed by atoms with Crippen LogP contribution in [0, 0.1) is 0 Å². The van der Waals surface area contributed by atoms with Gasteiger partial charge in [-0.1, -0.05) is 0 Å². The van der Waals surface area contributed by atoms with E-state index in [4.69, 9.17) is 0 Å². The first-order valence-corrected chi connectivity index (χ1v) is 7.88. The molecule has 0 radical (unpaired) electrons. The van der Waals surface area contributed by atoms with Crippen molar-refractivity contribution in [3.05, 3.63) is 30.1 Å². The molecule has 0 bridgehead atoms. The average Bonchev–Trinajstić information content (AvgIpc) is 2.92. The van der Waals surface area contributed by atoms with Crippen LogP contribution in [-0.2, 0) is 0 Å². The quantitative estimate of drug-likeness (QED) is 0.845. The largest absolute Gasteiger partial charge is 0.387 e. The van der Waals surface area contributed by atoms with Crippen LogP contribution in [0.1, 0.15) is 16.8 Å². The van der Waals surface area contributed by atoms with Crippen LogP contribution in [0.4, 0.5) is 0 Å². The second-order valence-corrected chi connectivity index (χ2v) is 6.52. The van der Waals surface area contributed by atoms with Crippen molar-refractivity contribution < 1.29 is 9.90 Å². The molecule has 22 heavy (non-hydrogen) atoms. The van der Waals surface area contributed by atoms with E-state index in [1.807, 2.05) is 0 Å². The third-order valence-corrected chi connectivity index (χ3v) is 4.66. The number of pyridine rings is 1. The number of aromatic nitrogens is 1. The highest BCUT2D eigenvalue weighted by Gasteiger charge is 2.39. The summed E-state index contributed by atoms with van der Waals surface area (Å²) in [6.07, 6.45) is 3.90. The van der Waals surface area contributed by atoms with Crippen LogP contribution in [0.3, 0.4) is 0 Å². The maximum absolute atomic E-state index is 12.4. The Hall–Kier alpha value is -1.50. The predicted molar refractivity (Wildman–Crippen MR) is 83.6 cm³/mol. The standard InChI is InChI=1S/C16H24N4O2/c1-18-8-10-19(11-9-18)12-16(22)4-7-20(13-16)15(21)14-2-5-17-6-3-14/h2-3,5-6,22H,4,7-13H2,1H3/t16-/m1/s1. The number of rotatable bonds is 3. The molecule has 1 aromatic heterocycles. The van der Waals surface area contributed by atoms with Crippen molar-refractivity contribution in [2.75, 3.05) is 52.9 Å². The molecule has 2 aliphatic rings. The van der Waals surface area contributed by atoms with E-state index in [-0.39, 0.29) is 5.91 Å². The minimum atomic E-state index is -0.779. The predicted octanol–water partition coefficient (Wildman–Crippen LogP) is -0.0940. The first kappa shape index (κ1) is 15.4. The molecular weight excluding hydrogens is 280 g/mol. The molecule has 2 saturated heterocycles. The summed E-state index contributed by atoms with van der Waals surface area (Å²) in [6.45, 7) is 5.73. The zero-order valence-corrected chi connectivity index (χ0v) is 13.1. The Morgan fingerprint density at radius 1 is 1.23 bits per heavy atom. The van der Waals surface area contributed by atoms with Gasteiger partial charge in [0.1, 0.15) is 0 Å². The van der Waals surface area contributed by atoms with Gasteiger partial charge in [0.25, 0.3) is 5.91 Å². The van der Waals surface area contributed by atoms with Crippen molar-refractivity contribution >= 4 is 5.91 Å².